The minimum atomic E-state index is 0.193. The molecule has 0 saturated heterocycles. The lowest BCUT2D eigenvalue weighted by Crippen LogP contribution is -2.15. The van der Waals surface area contributed by atoms with Crippen LogP contribution in [0.5, 0.6) is 0 Å². The predicted molar refractivity (Wildman–Crippen MR) is 50.4 cm³/mol. The molecule has 0 amide bonds. The Hall–Kier alpha value is -0.900. The molecule has 1 aromatic rings. The van der Waals surface area contributed by atoms with Crippen molar-refractivity contribution < 1.29 is 4.42 Å². The number of aryl methyl sites for hydroxylation is 1. The molecule has 1 heterocycles. The number of aromatic nitrogens is 2. The highest BCUT2D eigenvalue weighted by atomic mass is 16.4. The molecule has 4 nitrogen and oxygen atoms in total. The molecular weight excluding hydrogens is 166 g/mol. The fraction of sp³-hybridized carbons (Fsp3) is 0.778. The van der Waals surface area contributed by atoms with Gasteiger partial charge in [0, 0.05) is 6.42 Å². The van der Waals surface area contributed by atoms with E-state index in [1.807, 2.05) is 7.05 Å². The maximum absolute atomic E-state index is 5.48. The molecule has 1 aromatic heterocycles. The zero-order valence-electron chi connectivity index (χ0n) is 8.50. The summed E-state index contributed by atoms with van der Waals surface area (Å²) in [4.78, 5) is 0. The maximum Gasteiger partial charge on any atom is 0.233 e. The average molecular weight is 183 g/mol. The van der Waals surface area contributed by atoms with E-state index in [2.05, 4.69) is 29.4 Å². The van der Waals surface area contributed by atoms with Crippen LogP contribution in [0.15, 0.2) is 4.42 Å². The lowest BCUT2D eigenvalue weighted by molar-refractivity contribution is 0.385. The molecule has 13 heavy (non-hydrogen) atoms. The summed E-state index contributed by atoms with van der Waals surface area (Å²) in [5.41, 5.74) is 0. The van der Waals surface area contributed by atoms with Gasteiger partial charge in [-0.05, 0) is 19.9 Å². The van der Waals surface area contributed by atoms with Gasteiger partial charge in [0.25, 0.3) is 0 Å². The maximum atomic E-state index is 5.48. The topological polar surface area (TPSA) is 51.0 Å². The first-order valence-corrected chi connectivity index (χ1v) is 4.81. The van der Waals surface area contributed by atoms with Crippen molar-refractivity contribution in [1.29, 1.82) is 0 Å². The van der Waals surface area contributed by atoms with Gasteiger partial charge in [0.05, 0.1) is 6.04 Å². The lowest BCUT2D eigenvalue weighted by Gasteiger charge is -2.06. The molecular formula is C9H17N3O. The second kappa shape index (κ2) is 4.97. The minimum absolute atomic E-state index is 0.193. The van der Waals surface area contributed by atoms with Gasteiger partial charge >= 0.3 is 0 Å². The van der Waals surface area contributed by atoms with E-state index in [-0.39, 0.29) is 6.04 Å². The predicted octanol–water partition coefficient (Wildman–Crippen LogP) is 1.69. The van der Waals surface area contributed by atoms with E-state index in [9.17, 15) is 0 Å². The highest BCUT2D eigenvalue weighted by molar-refractivity contribution is 4.89. The summed E-state index contributed by atoms with van der Waals surface area (Å²) in [6.07, 6.45) is 2.87. The van der Waals surface area contributed by atoms with Gasteiger partial charge in [0.1, 0.15) is 0 Å². The van der Waals surface area contributed by atoms with Crippen LogP contribution >= 0.6 is 0 Å². The Balaban J connectivity index is 2.66. The summed E-state index contributed by atoms with van der Waals surface area (Å²) < 4.78 is 5.48. The summed E-state index contributed by atoms with van der Waals surface area (Å²) in [5, 5.41) is 11.1. The lowest BCUT2D eigenvalue weighted by atomic mass is 10.2. The van der Waals surface area contributed by atoms with Crippen LogP contribution in [0, 0.1) is 0 Å². The molecule has 1 N–H and O–H groups in total. The molecule has 0 aliphatic carbocycles. The summed E-state index contributed by atoms with van der Waals surface area (Å²) in [5.74, 6) is 1.44. The third-order valence-corrected chi connectivity index (χ3v) is 2.00. The largest absolute Gasteiger partial charge is 0.424 e. The number of hydrogen-bond acceptors (Lipinski definition) is 4. The first kappa shape index (κ1) is 10.2. The van der Waals surface area contributed by atoms with E-state index < -0.39 is 0 Å². The molecule has 0 saturated carbocycles. The molecule has 1 atom stereocenters. The number of nitrogens with one attached hydrogen (secondary N) is 1. The normalized spacial score (nSPS) is 13.2. The van der Waals surface area contributed by atoms with Crippen molar-refractivity contribution in [3.05, 3.63) is 11.8 Å². The molecule has 1 unspecified atom stereocenters. The molecule has 0 aromatic carbocycles. The molecule has 0 fully saturated rings. The first-order chi connectivity index (χ1) is 6.31. The van der Waals surface area contributed by atoms with Crippen molar-refractivity contribution in [2.45, 2.75) is 39.2 Å². The third kappa shape index (κ3) is 2.52. The van der Waals surface area contributed by atoms with Gasteiger partial charge in [-0.25, -0.2) is 0 Å². The van der Waals surface area contributed by atoms with Crippen molar-refractivity contribution in [3.8, 4) is 0 Å². The molecule has 1 rings (SSSR count). The zero-order valence-corrected chi connectivity index (χ0v) is 8.50. The highest BCUT2D eigenvalue weighted by Crippen LogP contribution is 2.14. The van der Waals surface area contributed by atoms with E-state index in [1.165, 1.54) is 0 Å². The molecule has 0 bridgehead atoms. The minimum Gasteiger partial charge on any atom is -0.424 e. The zero-order chi connectivity index (χ0) is 9.68. The Morgan fingerprint density at radius 1 is 1.38 bits per heavy atom. The number of hydrogen-bond donors (Lipinski definition) is 1. The second-order valence-electron chi connectivity index (χ2n) is 3.03. The van der Waals surface area contributed by atoms with Crippen LogP contribution in [0.1, 0.15) is 44.5 Å². The Morgan fingerprint density at radius 2 is 2.15 bits per heavy atom. The standard InChI is InChI=1S/C9H17N3O/c1-4-6-8-11-12-9(13-8)7(5-2)10-3/h7,10H,4-6H2,1-3H3. The SMILES string of the molecule is CCCc1nnc(C(CC)NC)o1. The highest BCUT2D eigenvalue weighted by Gasteiger charge is 2.13. The Labute approximate surface area is 78.7 Å². The van der Waals surface area contributed by atoms with Crippen LogP contribution in [0.3, 0.4) is 0 Å². The molecule has 0 aliphatic rings. The van der Waals surface area contributed by atoms with Crippen LogP contribution in [0.4, 0.5) is 0 Å². The van der Waals surface area contributed by atoms with Crippen molar-refractivity contribution in [2.24, 2.45) is 0 Å². The Bertz CT molecular complexity index is 243. The Kier molecular flexibility index (Phi) is 3.89. The molecule has 0 radical (unpaired) electrons. The van der Waals surface area contributed by atoms with Crippen molar-refractivity contribution in [2.75, 3.05) is 7.05 Å². The summed E-state index contributed by atoms with van der Waals surface area (Å²) in [6, 6.07) is 0.193. The molecule has 74 valence electrons. The monoisotopic (exact) mass is 183 g/mol. The van der Waals surface area contributed by atoms with E-state index in [0.29, 0.717) is 5.89 Å². The van der Waals surface area contributed by atoms with Gasteiger partial charge in [-0.15, -0.1) is 10.2 Å². The van der Waals surface area contributed by atoms with Gasteiger partial charge in [0.2, 0.25) is 11.8 Å². The summed E-state index contributed by atoms with van der Waals surface area (Å²) in [7, 11) is 1.90. The summed E-state index contributed by atoms with van der Waals surface area (Å²) in [6.45, 7) is 4.18. The van der Waals surface area contributed by atoms with Crippen molar-refractivity contribution in [1.82, 2.24) is 15.5 Å². The number of nitrogens with zero attached hydrogens (tertiary/aromatic N) is 2. The fourth-order valence-electron chi connectivity index (χ4n) is 1.22. The smallest absolute Gasteiger partial charge is 0.233 e. The van der Waals surface area contributed by atoms with Crippen LogP contribution < -0.4 is 5.32 Å². The summed E-state index contributed by atoms with van der Waals surface area (Å²) >= 11 is 0. The fourth-order valence-corrected chi connectivity index (χ4v) is 1.22. The van der Waals surface area contributed by atoms with Crippen LogP contribution in [0.2, 0.25) is 0 Å². The first-order valence-electron chi connectivity index (χ1n) is 4.81. The van der Waals surface area contributed by atoms with Crippen molar-refractivity contribution in [3.63, 3.8) is 0 Å². The van der Waals surface area contributed by atoms with E-state index >= 15 is 0 Å². The molecule has 4 heteroatoms. The molecule has 0 spiro atoms. The number of rotatable bonds is 5. The quantitative estimate of drug-likeness (QED) is 0.754. The average Bonchev–Trinajstić information content (AvgIpc) is 2.56. The third-order valence-electron chi connectivity index (χ3n) is 2.00. The molecule has 0 aliphatic heterocycles. The van der Waals surface area contributed by atoms with E-state index in [1.54, 1.807) is 0 Å². The second-order valence-corrected chi connectivity index (χ2v) is 3.03. The van der Waals surface area contributed by atoms with Crippen LogP contribution in [-0.2, 0) is 6.42 Å². The van der Waals surface area contributed by atoms with Crippen LogP contribution in [-0.4, -0.2) is 17.2 Å². The van der Waals surface area contributed by atoms with Crippen molar-refractivity contribution >= 4 is 0 Å². The van der Waals surface area contributed by atoms with E-state index in [4.69, 9.17) is 4.42 Å². The van der Waals surface area contributed by atoms with Gasteiger partial charge in [-0.3, -0.25) is 0 Å². The van der Waals surface area contributed by atoms with Gasteiger partial charge < -0.3 is 9.73 Å². The Morgan fingerprint density at radius 3 is 2.69 bits per heavy atom. The van der Waals surface area contributed by atoms with Gasteiger partial charge in [0.15, 0.2) is 0 Å². The van der Waals surface area contributed by atoms with E-state index in [0.717, 1.165) is 25.2 Å². The van der Waals surface area contributed by atoms with Crippen LogP contribution in [0.25, 0.3) is 0 Å². The van der Waals surface area contributed by atoms with Gasteiger partial charge in [-0.2, -0.15) is 0 Å². The van der Waals surface area contributed by atoms with Gasteiger partial charge in [-0.1, -0.05) is 13.8 Å².